The van der Waals surface area contributed by atoms with Crippen LogP contribution in [0.3, 0.4) is 0 Å². The van der Waals surface area contributed by atoms with Crippen molar-refractivity contribution in [1.82, 2.24) is 0 Å². The van der Waals surface area contributed by atoms with Crippen molar-refractivity contribution in [3.8, 4) is 0 Å². The molecule has 0 amide bonds. The van der Waals surface area contributed by atoms with Crippen molar-refractivity contribution in [3.05, 3.63) is 109 Å². The molecular formula is C47H73NO7. The summed E-state index contributed by atoms with van der Waals surface area (Å²) in [7, 11) is 5.36. The molecule has 0 aliphatic carbocycles. The highest BCUT2D eigenvalue weighted by Crippen LogP contribution is 2.11. The van der Waals surface area contributed by atoms with E-state index in [0.29, 0.717) is 12.8 Å². The summed E-state index contributed by atoms with van der Waals surface area (Å²) in [6.07, 6.45) is 49.7. The number of esters is 2. The number of likely N-dealkylation sites (N-methyl/N-ethyl adjacent to an activating group) is 1. The molecule has 8 heteroatoms. The number of quaternary nitrogens is 1. The highest BCUT2D eigenvalue weighted by molar-refractivity contribution is 5.70. The first-order valence-electron chi connectivity index (χ1n) is 20.5. The van der Waals surface area contributed by atoms with Gasteiger partial charge in [-0.25, -0.2) is 0 Å². The minimum absolute atomic E-state index is 0.00446. The van der Waals surface area contributed by atoms with Crippen molar-refractivity contribution in [2.75, 3.05) is 41.0 Å². The average Bonchev–Trinajstić information content (AvgIpc) is 3.14. The Bertz CT molecular complexity index is 1260. The fraction of sp³-hybridized carbons (Fsp3) is 0.553. The second-order valence-corrected chi connectivity index (χ2v) is 14.2. The monoisotopic (exact) mass is 764 g/mol. The number of carbonyl (C=O) groups excluding carboxylic acids is 3. The van der Waals surface area contributed by atoms with E-state index in [1.807, 2.05) is 48.6 Å². The van der Waals surface area contributed by atoms with Gasteiger partial charge in [0.15, 0.2) is 6.10 Å². The second kappa shape index (κ2) is 36.9. The Morgan fingerprint density at radius 1 is 0.564 bits per heavy atom. The van der Waals surface area contributed by atoms with Crippen LogP contribution in [0.4, 0.5) is 0 Å². The lowest BCUT2D eigenvalue weighted by Gasteiger charge is -2.34. The van der Waals surface area contributed by atoms with E-state index in [-0.39, 0.29) is 49.1 Å². The number of carboxylic acids is 1. The molecule has 0 N–H and O–H groups in total. The van der Waals surface area contributed by atoms with Gasteiger partial charge in [-0.15, -0.1) is 0 Å². The van der Waals surface area contributed by atoms with Crippen LogP contribution in [0.2, 0.25) is 0 Å². The van der Waals surface area contributed by atoms with Crippen LogP contribution >= 0.6 is 0 Å². The highest BCUT2D eigenvalue weighted by atomic mass is 16.6. The van der Waals surface area contributed by atoms with Crippen LogP contribution in [0.1, 0.15) is 117 Å². The van der Waals surface area contributed by atoms with Gasteiger partial charge in [0, 0.05) is 19.3 Å². The molecule has 0 aliphatic rings. The molecule has 0 aromatic rings. The molecule has 2 unspecified atom stereocenters. The fourth-order valence-electron chi connectivity index (χ4n) is 5.14. The first-order chi connectivity index (χ1) is 26.6. The van der Waals surface area contributed by atoms with Crippen LogP contribution in [-0.2, 0) is 28.6 Å². The summed E-state index contributed by atoms with van der Waals surface area (Å²) in [5.41, 5.74) is 0. The highest BCUT2D eigenvalue weighted by Gasteiger charge is 2.25. The molecule has 0 rings (SSSR count). The molecule has 0 bridgehead atoms. The van der Waals surface area contributed by atoms with Crippen LogP contribution in [0.5, 0.6) is 0 Å². The molecule has 0 saturated heterocycles. The van der Waals surface area contributed by atoms with E-state index in [9.17, 15) is 19.5 Å². The Kier molecular flexibility index (Phi) is 34.2. The Morgan fingerprint density at radius 3 is 1.60 bits per heavy atom. The summed E-state index contributed by atoms with van der Waals surface area (Å²) < 4.78 is 17.0. The summed E-state index contributed by atoms with van der Waals surface area (Å²) in [6, 6.07) is -0.746. The van der Waals surface area contributed by atoms with Gasteiger partial charge in [0.25, 0.3) is 0 Å². The summed E-state index contributed by atoms with van der Waals surface area (Å²) in [5, 5.41) is 11.6. The fourth-order valence-corrected chi connectivity index (χ4v) is 5.14. The van der Waals surface area contributed by atoms with Gasteiger partial charge in [0.05, 0.1) is 40.3 Å². The minimum atomic E-state index is -1.14. The third kappa shape index (κ3) is 35.4. The molecule has 8 nitrogen and oxygen atoms in total. The molecule has 0 aromatic carbocycles. The predicted molar refractivity (Wildman–Crippen MR) is 226 cm³/mol. The van der Waals surface area contributed by atoms with E-state index >= 15 is 0 Å². The van der Waals surface area contributed by atoms with Crippen LogP contribution in [0.25, 0.3) is 0 Å². The average molecular weight is 764 g/mol. The van der Waals surface area contributed by atoms with E-state index in [4.69, 9.17) is 14.2 Å². The Labute approximate surface area is 334 Å². The molecule has 0 radical (unpaired) electrons. The Balaban J connectivity index is 4.56. The standard InChI is InChI=1S/C47H73NO7/c1-6-8-10-12-14-16-18-20-22-24-25-27-29-31-33-35-37-45(49)54-42-43(41-53-40-39-44(47(51)52)48(3,4)5)55-46(50)38-36-34-32-30-28-26-23-21-19-17-15-13-11-9-7-2/h8-11,13-17,19-23,25-28,43-44H,6-7,12,18,24,29-42H2,1-5H3/b10-8+,11-9+,15-13+,16-14+,19-17+,22-20+,23-21+,27-25+,28-26+. The maximum Gasteiger partial charge on any atom is 0.306 e. The van der Waals surface area contributed by atoms with Crippen molar-refractivity contribution in [1.29, 1.82) is 0 Å². The molecule has 0 spiro atoms. The molecule has 0 aliphatic heterocycles. The molecule has 2 atom stereocenters. The molecule has 0 heterocycles. The number of aliphatic carboxylic acids is 1. The maximum absolute atomic E-state index is 12.7. The first-order valence-corrected chi connectivity index (χ1v) is 20.5. The summed E-state index contributed by atoms with van der Waals surface area (Å²) in [5.74, 6) is -1.85. The number of unbranched alkanes of at least 4 members (excludes halogenated alkanes) is 6. The zero-order valence-electron chi connectivity index (χ0n) is 34.8. The number of hydrogen-bond donors (Lipinski definition) is 0. The van der Waals surface area contributed by atoms with Gasteiger partial charge in [0.1, 0.15) is 12.6 Å². The number of carbonyl (C=O) groups is 3. The van der Waals surface area contributed by atoms with Gasteiger partial charge in [-0.05, 0) is 70.6 Å². The summed E-state index contributed by atoms with van der Waals surface area (Å²) in [4.78, 5) is 36.8. The number of hydrogen-bond acceptors (Lipinski definition) is 7. The Hall–Kier alpha value is -4.01. The smallest absolute Gasteiger partial charge is 0.306 e. The van der Waals surface area contributed by atoms with Gasteiger partial charge < -0.3 is 28.6 Å². The van der Waals surface area contributed by atoms with Crippen molar-refractivity contribution >= 4 is 17.9 Å². The molecular weight excluding hydrogens is 691 g/mol. The minimum Gasteiger partial charge on any atom is -0.544 e. The Morgan fingerprint density at radius 2 is 1.05 bits per heavy atom. The number of carboxylic acid groups (broad SMARTS) is 1. The summed E-state index contributed by atoms with van der Waals surface area (Å²) >= 11 is 0. The van der Waals surface area contributed by atoms with Crippen LogP contribution in [0.15, 0.2) is 109 Å². The van der Waals surface area contributed by atoms with E-state index in [0.717, 1.165) is 77.0 Å². The maximum atomic E-state index is 12.7. The SMILES string of the molecule is CC/C=C/C=C/C=C/C=C/C=C/CCCCCC(=O)OC(COCCC(C(=O)[O-])[N+](C)(C)C)COC(=O)CCCCC/C=C/C/C=C/C/C=C/C/C=C/CC. The number of allylic oxidation sites excluding steroid dienone is 18. The van der Waals surface area contributed by atoms with E-state index < -0.39 is 18.1 Å². The van der Waals surface area contributed by atoms with Crippen molar-refractivity contribution < 1.29 is 38.2 Å². The van der Waals surface area contributed by atoms with Crippen molar-refractivity contribution in [2.45, 2.75) is 129 Å². The van der Waals surface area contributed by atoms with Crippen LogP contribution in [-0.4, -0.2) is 75.5 Å². The van der Waals surface area contributed by atoms with Gasteiger partial charge in [-0.1, -0.05) is 136 Å². The molecule has 0 fully saturated rings. The summed E-state index contributed by atoms with van der Waals surface area (Å²) in [6.45, 7) is 4.28. The van der Waals surface area contributed by atoms with Crippen LogP contribution in [0, 0.1) is 0 Å². The lowest BCUT2D eigenvalue weighted by atomic mass is 10.1. The number of ether oxygens (including phenoxy) is 3. The third-order valence-electron chi connectivity index (χ3n) is 8.28. The molecule has 55 heavy (non-hydrogen) atoms. The molecule has 0 aromatic heterocycles. The zero-order valence-corrected chi connectivity index (χ0v) is 34.8. The van der Waals surface area contributed by atoms with Crippen molar-refractivity contribution in [3.63, 3.8) is 0 Å². The molecule has 0 saturated carbocycles. The number of nitrogens with zero attached hydrogens (tertiary/aromatic N) is 1. The van der Waals surface area contributed by atoms with E-state index in [1.165, 1.54) is 0 Å². The normalized spacial score (nSPS) is 14.1. The second-order valence-electron chi connectivity index (χ2n) is 14.2. The van der Waals surface area contributed by atoms with Gasteiger partial charge in [-0.2, -0.15) is 0 Å². The van der Waals surface area contributed by atoms with Crippen molar-refractivity contribution in [2.24, 2.45) is 0 Å². The van der Waals surface area contributed by atoms with Gasteiger partial charge in [0.2, 0.25) is 0 Å². The largest absolute Gasteiger partial charge is 0.544 e. The number of rotatable bonds is 34. The lowest BCUT2D eigenvalue weighted by Crippen LogP contribution is -2.55. The quantitative estimate of drug-likeness (QED) is 0.0212. The molecule has 308 valence electrons. The van der Waals surface area contributed by atoms with Gasteiger partial charge >= 0.3 is 11.9 Å². The van der Waals surface area contributed by atoms with Gasteiger partial charge in [-0.3, -0.25) is 9.59 Å². The van der Waals surface area contributed by atoms with E-state index in [2.05, 4.69) is 74.6 Å². The topological polar surface area (TPSA) is 102 Å². The predicted octanol–water partition coefficient (Wildman–Crippen LogP) is 9.57. The zero-order chi connectivity index (χ0) is 40.7. The van der Waals surface area contributed by atoms with Crippen LogP contribution < -0.4 is 5.11 Å². The third-order valence-corrected chi connectivity index (χ3v) is 8.28. The van der Waals surface area contributed by atoms with E-state index in [1.54, 1.807) is 21.1 Å². The first kappa shape index (κ1) is 51.0. The lowest BCUT2D eigenvalue weighted by molar-refractivity contribution is -0.889.